The van der Waals surface area contributed by atoms with Gasteiger partial charge in [0.15, 0.2) is 11.6 Å². The second kappa shape index (κ2) is 7.97. The molecule has 0 atom stereocenters. The number of rotatable bonds is 5. The number of likely N-dealkylation sites (N-methyl/N-ethyl adjacent to an activating group) is 1. The minimum absolute atomic E-state index is 0. The second-order valence-corrected chi connectivity index (χ2v) is 3.34. The molecule has 1 amide bonds. The van der Waals surface area contributed by atoms with E-state index in [2.05, 4.69) is 10.6 Å². The number of hydrogen-bond acceptors (Lipinski definition) is 2. The van der Waals surface area contributed by atoms with Gasteiger partial charge in [0.1, 0.15) is 0 Å². The number of carbonyl (C=O) groups is 1. The molecule has 2 N–H and O–H groups in total. The normalized spacial score (nSPS) is 9.59. The average molecular weight is 265 g/mol. The molecular weight excluding hydrogens is 250 g/mol. The largest absolute Gasteiger partial charge is 0.355 e. The SMILES string of the molecule is CNCCNC(=O)Cc1cccc(F)c1F.Cl. The summed E-state index contributed by atoms with van der Waals surface area (Å²) in [6, 6.07) is 3.81. The molecule has 0 heterocycles. The molecule has 0 fully saturated rings. The third-order valence-electron chi connectivity index (χ3n) is 2.08. The highest BCUT2D eigenvalue weighted by Crippen LogP contribution is 2.11. The van der Waals surface area contributed by atoms with Crippen LogP contribution in [0, 0.1) is 11.6 Å². The molecule has 0 aliphatic rings. The lowest BCUT2D eigenvalue weighted by molar-refractivity contribution is -0.120. The van der Waals surface area contributed by atoms with E-state index < -0.39 is 11.6 Å². The molecule has 1 rings (SSSR count). The first-order chi connectivity index (χ1) is 7.65. The predicted octanol–water partition coefficient (Wildman–Crippen LogP) is 1.26. The van der Waals surface area contributed by atoms with Crippen molar-refractivity contribution in [1.29, 1.82) is 0 Å². The van der Waals surface area contributed by atoms with Gasteiger partial charge in [-0.3, -0.25) is 4.79 Å². The Hall–Kier alpha value is -1.20. The molecule has 96 valence electrons. The van der Waals surface area contributed by atoms with Crippen LogP contribution < -0.4 is 10.6 Å². The van der Waals surface area contributed by atoms with Crippen LogP contribution in [0.5, 0.6) is 0 Å². The van der Waals surface area contributed by atoms with Crippen LogP contribution >= 0.6 is 12.4 Å². The standard InChI is InChI=1S/C11H14F2N2O.ClH/c1-14-5-6-15-10(16)7-8-3-2-4-9(12)11(8)13;/h2-4,14H,5-7H2,1H3,(H,15,16);1H. The number of halogens is 3. The first kappa shape index (κ1) is 15.8. The molecule has 0 saturated heterocycles. The van der Waals surface area contributed by atoms with Gasteiger partial charge < -0.3 is 10.6 Å². The zero-order chi connectivity index (χ0) is 12.0. The van der Waals surface area contributed by atoms with Gasteiger partial charge >= 0.3 is 0 Å². The summed E-state index contributed by atoms with van der Waals surface area (Å²) < 4.78 is 26.0. The van der Waals surface area contributed by atoms with Gasteiger partial charge in [-0.15, -0.1) is 12.4 Å². The average Bonchev–Trinajstić information content (AvgIpc) is 2.25. The maximum Gasteiger partial charge on any atom is 0.224 e. The van der Waals surface area contributed by atoms with Crippen LogP contribution in [0.25, 0.3) is 0 Å². The molecule has 1 aromatic rings. The first-order valence-corrected chi connectivity index (χ1v) is 4.99. The summed E-state index contributed by atoms with van der Waals surface area (Å²) in [4.78, 5) is 11.3. The maximum absolute atomic E-state index is 13.2. The molecular formula is C11H15ClF2N2O. The molecule has 3 nitrogen and oxygen atoms in total. The van der Waals surface area contributed by atoms with Crippen molar-refractivity contribution in [3.63, 3.8) is 0 Å². The minimum Gasteiger partial charge on any atom is -0.355 e. The Morgan fingerprint density at radius 3 is 2.65 bits per heavy atom. The highest BCUT2D eigenvalue weighted by molar-refractivity contribution is 5.85. The lowest BCUT2D eigenvalue weighted by atomic mass is 10.1. The molecule has 0 unspecified atom stereocenters. The van der Waals surface area contributed by atoms with Crippen molar-refractivity contribution in [2.45, 2.75) is 6.42 Å². The van der Waals surface area contributed by atoms with Gasteiger partial charge in [0.25, 0.3) is 0 Å². The highest BCUT2D eigenvalue weighted by atomic mass is 35.5. The topological polar surface area (TPSA) is 41.1 Å². The highest BCUT2D eigenvalue weighted by Gasteiger charge is 2.10. The van der Waals surface area contributed by atoms with Crippen molar-refractivity contribution < 1.29 is 13.6 Å². The van der Waals surface area contributed by atoms with Crippen LogP contribution in [0.1, 0.15) is 5.56 Å². The van der Waals surface area contributed by atoms with E-state index >= 15 is 0 Å². The van der Waals surface area contributed by atoms with E-state index in [4.69, 9.17) is 0 Å². The molecule has 1 aromatic carbocycles. The Morgan fingerprint density at radius 2 is 2.00 bits per heavy atom. The predicted molar refractivity (Wildman–Crippen MR) is 64.2 cm³/mol. The second-order valence-electron chi connectivity index (χ2n) is 3.34. The number of benzene rings is 1. The zero-order valence-corrected chi connectivity index (χ0v) is 10.2. The Morgan fingerprint density at radius 1 is 1.29 bits per heavy atom. The van der Waals surface area contributed by atoms with Crippen molar-refractivity contribution >= 4 is 18.3 Å². The van der Waals surface area contributed by atoms with Crippen LogP contribution in [0.15, 0.2) is 18.2 Å². The summed E-state index contributed by atoms with van der Waals surface area (Å²) in [7, 11) is 1.76. The van der Waals surface area contributed by atoms with Gasteiger partial charge in [-0.2, -0.15) is 0 Å². The fourth-order valence-electron chi connectivity index (χ4n) is 1.25. The molecule has 0 aliphatic carbocycles. The number of nitrogens with one attached hydrogen (secondary N) is 2. The lowest BCUT2D eigenvalue weighted by Gasteiger charge is -2.05. The third kappa shape index (κ3) is 5.10. The monoisotopic (exact) mass is 264 g/mol. The van der Waals surface area contributed by atoms with Crippen molar-refractivity contribution in [3.8, 4) is 0 Å². The van der Waals surface area contributed by atoms with E-state index in [9.17, 15) is 13.6 Å². The summed E-state index contributed by atoms with van der Waals surface area (Å²) in [6.45, 7) is 1.10. The van der Waals surface area contributed by atoms with Crippen LogP contribution in [-0.2, 0) is 11.2 Å². The van der Waals surface area contributed by atoms with Gasteiger partial charge in [0.2, 0.25) is 5.91 Å². The Labute approximate surface area is 105 Å². The van der Waals surface area contributed by atoms with E-state index in [1.54, 1.807) is 7.05 Å². The molecule has 0 aliphatic heterocycles. The van der Waals surface area contributed by atoms with E-state index in [1.165, 1.54) is 12.1 Å². The quantitative estimate of drug-likeness (QED) is 0.787. The Balaban J connectivity index is 0.00000256. The van der Waals surface area contributed by atoms with Gasteiger partial charge in [-0.1, -0.05) is 12.1 Å². The Bertz CT molecular complexity index is 374. The van der Waals surface area contributed by atoms with Crippen molar-refractivity contribution in [3.05, 3.63) is 35.4 Å². The molecule has 0 radical (unpaired) electrons. The summed E-state index contributed by atoms with van der Waals surface area (Å²) >= 11 is 0. The van der Waals surface area contributed by atoms with E-state index in [-0.39, 0.29) is 30.3 Å². The van der Waals surface area contributed by atoms with Gasteiger partial charge in [0, 0.05) is 18.7 Å². The fraction of sp³-hybridized carbons (Fsp3) is 0.364. The first-order valence-electron chi connectivity index (χ1n) is 4.99. The van der Waals surface area contributed by atoms with Crippen LogP contribution in [0.4, 0.5) is 8.78 Å². The zero-order valence-electron chi connectivity index (χ0n) is 9.43. The molecule has 6 heteroatoms. The molecule has 0 aromatic heterocycles. The summed E-state index contributed by atoms with van der Waals surface area (Å²) in [5.74, 6) is -2.20. The van der Waals surface area contributed by atoms with Gasteiger partial charge in [-0.05, 0) is 13.1 Å². The minimum atomic E-state index is -0.953. The summed E-state index contributed by atoms with van der Waals surface area (Å²) in [6.07, 6.45) is -0.146. The van der Waals surface area contributed by atoms with Crippen LogP contribution in [0.2, 0.25) is 0 Å². The van der Waals surface area contributed by atoms with E-state index in [1.807, 2.05) is 0 Å². The van der Waals surface area contributed by atoms with Crippen molar-refractivity contribution in [2.75, 3.05) is 20.1 Å². The summed E-state index contributed by atoms with van der Waals surface area (Å²) in [5.41, 5.74) is 0.0713. The molecule has 17 heavy (non-hydrogen) atoms. The number of amides is 1. The van der Waals surface area contributed by atoms with Crippen LogP contribution in [-0.4, -0.2) is 26.0 Å². The lowest BCUT2D eigenvalue weighted by Crippen LogP contribution is -2.31. The van der Waals surface area contributed by atoms with Crippen LogP contribution in [0.3, 0.4) is 0 Å². The summed E-state index contributed by atoms with van der Waals surface area (Å²) in [5, 5.41) is 5.45. The number of hydrogen-bond donors (Lipinski definition) is 2. The smallest absolute Gasteiger partial charge is 0.224 e. The van der Waals surface area contributed by atoms with Crippen molar-refractivity contribution in [1.82, 2.24) is 10.6 Å². The van der Waals surface area contributed by atoms with Crippen molar-refractivity contribution in [2.24, 2.45) is 0 Å². The Kier molecular flexibility index (Phi) is 7.41. The third-order valence-corrected chi connectivity index (χ3v) is 2.08. The number of carbonyl (C=O) groups excluding carboxylic acids is 1. The van der Waals surface area contributed by atoms with Gasteiger partial charge in [0.05, 0.1) is 6.42 Å². The maximum atomic E-state index is 13.2. The van der Waals surface area contributed by atoms with Gasteiger partial charge in [-0.25, -0.2) is 8.78 Å². The molecule has 0 saturated carbocycles. The fourth-order valence-corrected chi connectivity index (χ4v) is 1.25. The molecule has 0 bridgehead atoms. The van der Waals surface area contributed by atoms with E-state index in [0.29, 0.717) is 13.1 Å². The van der Waals surface area contributed by atoms with E-state index in [0.717, 1.165) is 6.07 Å². The molecule has 0 spiro atoms.